The lowest BCUT2D eigenvalue weighted by molar-refractivity contribution is 0.247. The summed E-state index contributed by atoms with van der Waals surface area (Å²) in [5.74, 6) is 1.09. The molecule has 2 saturated carbocycles. The molecule has 0 unspecified atom stereocenters. The maximum Gasteiger partial charge on any atom is 0.128 e. The number of nitrogens with one attached hydrogen (secondary N) is 1. The highest BCUT2D eigenvalue weighted by Crippen LogP contribution is 2.29. The van der Waals surface area contributed by atoms with Gasteiger partial charge in [0.15, 0.2) is 0 Å². The van der Waals surface area contributed by atoms with E-state index >= 15 is 0 Å². The molecule has 1 aromatic heterocycles. The lowest BCUT2D eigenvalue weighted by Gasteiger charge is -2.35. The Kier molecular flexibility index (Phi) is 3.78. The second-order valence-electron chi connectivity index (χ2n) is 6.54. The van der Waals surface area contributed by atoms with Gasteiger partial charge in [0.2, 0.25) is 0 Å². The average Bonchev–Trinajstić information content (AvgIpc) is 3.40. The van der Waals surface area contributed by atoms with Crippen LogP contribution in [0.5, 0.6) is 0 Å². The molecule has 0 atom stereocenters. The molecular formula is C16H23ClN4. The van der Waals surface area contributed by atoms with Crippen LogP contribution in [-0.2, 0) is 6.54 Å². The molecule has 0 spiro atoms. The largest absolute Gasteiger partial charge is 0.354 e. The van der Waals surface area contributed by atoms with Gasteiger partial charge in [-0.25, -0.2) is 4.98 Å². The first-order valence-electron chi connectivity index (χ1n) is 8.16. The normalized spacial score (nSPS) is 23.6. The van der Waals surface area contributed by atoms with Crippen LogP contribution < -0.4 is 10.2 Å². The molecule has 0 aromatic carbocycles. The molecular weight excluding hydrogens is 284 g/mol. The van der Waals surface area contributed by atoms with Crippen LogP contribution >= 0.6 is 11.6 Å². The first kappa shape index (κ1) is 13.8. The van der Waals surface area contributed by atoms with Crippen molar-refractivity contribution < 1.29 is 0 Å². The van der Waals surface area contributed by atoms with Crippen LogP contribution in [0, 0.1) is 0 Å². The Morgan fingerprint density at radius 3 is 2.57 bits per heavy atom. The third-order valence-corrected chi connectivity index (χ3v) is 5.12. The molecule has 5 heteroatoms. The molecule has 1 aromatic rings. The molecule has 0 radical (unpaired) electrons. The average molecular weight is 307 g/mol. The smallest absolute Gasteiger partial charge is 0.128 e. The van der Waals surface area contributed by atoms with Crippen molar-refractivity contribution in [2.24, 2.45) is 0 Å². The number of aromatic nitrogens is 1. The zero-order chi connectivity index (χ0) is 14.2. The van der Waals surface area contributed by atoms with E-state index in [0.717, 1.165) is 36.5 Å². The van der Waals surface area contributed by atoms with Gasteiger partial charge in [0, 0.05) is 51.0 Å². The number of hydrogen-bond acceptors (Lipinski definition) is 4. The Balaban J connectivity index is 1.40. The first-order chi connectivity index (χ1) is 10.3. The van der Waals surface area contributed by atoms with E-state index in [1.54, 1.807) is 0 Å². The van der Waals surface area contributed by atoms with Crippen LogP contribution in [0.15, 0.2) is 12.3 Å². The van der Waals surface area contributed by atoms with Crippen molar-refractivity contribution in [3.8, 4) is 0 Å². The van der Waals surface area contributed by atoms with E-state index in [0.29, 0.717) is 6.04 Å². The molecule has 3 fully saturated rings. The second kappa shape index (κ2) is 5.75. The molecule has 0 amide bonds. The minimum absolute atomic E-state index is 0.708. The standard InChI is InChI=1S/C16H23ClN4/c17-15-11-19-16(9-12(15)10-18-13-1-2-13)21-7-5-20(6-8-21)14-3-4-14/h9,11,13-14,18H,1-8,10H2. The van der Waals surface area contributed by atoms with Gasteiger partial charge in [0.1, 0.15) is 5.82 Å². The summed E-state index contributed by atoms with van der Waals surface area (Å²) in [5.41, 5.74) is 1.18. The summed E-state index contributed by atoms with van der Waals surface area (Å²) in [4.78, 5) is 9.56. The summed E-state index contributed by atoms with van der Waals surface area (Å²) < 4.78 is 0. The molecule has 0 bridgehead atoms. The third-order valence-electron chi connectivity index (χ3n) is 4.78. The second-order valence-corrected chi connectivity index (χ2v) is 6.95. The highest BCUT2D eigenvalue weighted by Gasteiger charge is 2.31. The molecule has 4 rings (SSSR count). The Hall–Kier alpha value is -0.840. The van der Waals surface area contributed by atoms with Crippen molar-refractivity contribution in [1.82, 2.24) is 15.2 Å². The van der Waals surface area contributed by atoms with Gasteiger partial charge in [-0.05, 0) is 37.3 Å². The Labute approximate surface area is 131 Å². The van der Waals surface area contributed by atoms with E-state index < -0.39 is 0 Å². The van der Waals surface area contributed by atoms with E-state index in [-0.39, 0.29) is 0 Å². The number of halogens is 1. The van der Waals surface area contributed by atoms with Crippen LogP contribution in [0.3, 0.4) is 0 Å². The Morgan fingerprint density at radius 1 is 1.14 bits per heavy atom. The zero-order valence-corrected chi connectivity index (χ0v) is 13.1. The molecule has 2 aliphatic carbocycles. The number of anilines is 1. The molecule has 1 N–H and O–H groups in total. The number of nitrogens with zero attached hydrogens (tertiary/aromatic N) is 3. The summed E-state index contributed by atoms with van der Waals surface area (Å²) in [5, 5.41) is 4.32. The van der Waals surface area contributed by atoms with Crippen LogP contribution in [0.1, 0.15) is 31.2 Å². The lowest BCUT2D eigenvalue weighted by Crippen LogP contribution is -2.47. The molecule has 2 heterocycles. The minimum Gasteiger partial charge on any atom is -0.354 e. The van der Waals surface area contributed by atoms with Crippen LogP contribution in [0.25, 0.3) is 0 Å². The summed E-state index contributed by atoms with van der Waals surface area (Å²) in [6, 6.07) is 3.76. The predicted molar refractivity (Wildman–Crippen MR) is 85.9 cm³/mol. The fourth-order valence-corrected chi connectivity index (χ4v) is 3.24. The molecule has 3 aliphatic rings. The molecule has 1 saturated heterocycles. The number of piperazine rings is 1. The van der Waals surface area contributed by atoms with Crippen molar-refractivity contribution >= 4 is 17.4 Å². The van der Waals surface area contributed by atoms with Crippen LogP contribution in [0.2, 0.25) is 5.02 Å². The van der Waals surface area contributed by atoms with E-state index in [9.17, 15) is 0 Å². The van der Waals surface area contributed by atoms with Gasteiger partial charge < -0.3 is 10.2 Å². The Bertz CT molecular complexity index is 505. The van der Waals surface area contributed by atoms with Crippen LogP contribution in [-0.4, -0.2) is 48.1 Å². The van der Waals surface area contributed by atoms with Gasteiger partial charge in [-0.2, -0.15) is 0 Å². The van der Waals surface area contributed by atoms with Crippen molar-refractivity contribution in [1.29, 1.82) is 0 Å². The monoisotopic (exact) mass is 306 g/mol. The number of hydrogen-bond donors (Lipinski definition) is 1. The maximum atomic E-state index is 6.28. The fourth-order valence-electron chi connectivity index (χ4n) is 3.07. The Morgan fingerprint density at radius 2 is 1.90 bits per heavy atom. The van der Waals surface area contributed by atoms with Gasteiger partial charge in [-0.15, -0.1) is 0 Å². The molecule has 114 valence electrons. The first-order valence-corrected chi connectivity index (χ1v) is 8.54. The SMILES string of the molecule is Clc1cnc(N2CCN(C3CC3)CC2)cc1CNC1CC1. The lowest BCUT2D eigenvalue weighted by atomic mass is 10.2. The van der Waals surface area contributed by atoms with Crippen molar-refractivity contribution in [2.45, 2.75) is 44.3 Å². The summed E-state index contributed by atoms with van der Waals surface area (Å²) >= 11 is 6.28. The van der Waals surface area contributed by atoms with Gasteiger partial charge >= 0.3 is 0 Å². The van der Waals surface area contributed by atoms with E-state index in [2.05, 4.69) is 26.2 Å². The maximum absolute atomic E-state index is 6.28. The third kappa shape index (κ3) is 3.33. The molecule has 1 aliphatic heterocycles. The van der Waals surface area contributed by atoms with Crippen molar-refractivity contribution in [2.75, 3.05) is 31.1 Å². The van der Waals surface area contributed by atoms with E-state index in [1.807, 2.05) is 6.20 Å². The van der Waals surface area contributed by atoms with Gasteiger partial charge in [-0.3, -0.25) is 4.90 Å². The molecule has 21 heavy (non-hydrogen) atoms. The summed E-state index contributed by atoms with van der Waals surface area (Å²) in [6.07, 6.45) is 7.22. The quantitative estimate of drug-likeness (QED) is 0.904. The molecule has 4 nitrogen and oxygen atoms in total. The number of rotatable bonds is 5. The van der Waals surface area contributed by atoms with Gasteiger partial charge in [0.05, 0.1) is 5.02 Å². The van der Waals surface area contributed by atoms with E-state index in [4.69, 9.17) is 11.6 Å². The summed E-state index contributed by atoms with van der Waals surface area (Å²) in [7, 11) is 0. The highest BCUT2D eigenvalue weighted by atomic mass is 35.5. The number of pyridine rings is 1. The van der Waals surface area contributed by atoms with E-state index in [1.165, 1.54) is 44.3 Å². The summed E-state index contributed by atoms with van der Waals surface area (Å²) in [6.45, 7) is 5.37. The minimum atomic E-state index is 0.708. The topological polar surface area (TPSA) is 31.4 Å². The van der Waals surface area contributed by atoms with Crippen molar-refractivity contribution in [3.05, 3.63) is 22.8 Å². The van der Waals surface area contributed by atoms with Gasteiger partial charge in [0.25, 0.3) is 0 Å². The van der Waals surface area contributed by atoms with Crippen molar-refractivity contribution in [3.63, 3.8) is 0 Å². The van der Waals surface area contributed by atoms with Crippen LogP contribution in [0.4, 0.5) is 5.82 Å². The fraction of sp³-hybridized carbons (Fsp3) is 0.688. The highest BCUT2D eigenvalue weighted by molar-refractivity contribution is 6.31. The van der Waals surface area contributed by atoms with Gasteiger partial charge in [-0.1, -0.05) is 11.6 Å². The zero-order valence-electron chi connectivity index (χ0n) is 12.4. The predicted octanol–water partition coefficient (Wildman–Crippen LogP) is 2.27.